The lowest BCUT2D eigenvalue weighted by Gasteiger charge is -2.20. The molecule has 2 rings (SSSR count). The van der Waals surface area contributed by atoms with Gasteiger partial charge >= 0.3 is 5.97 Å². The van der Waals surface area contributed by atoms with Gasteiger partial charge in [-0.3, -0.25) is 9.59 Å². The van der Waals surface area contributed by atoms with Crippen LogP contribution in [0, 0.1) is 12.3 Å². The third-order valence-electron chi connectivity index (χ3n) is 4.31. The summed E-state index contributed by atoms with van der Waals surface area (Å²) in [6, 6.07) is 2.61. The molecular weight excluding hydrogens is 342 g/mol. The quantitative estimate of drug-likeness (QED) is 0.358. The Balaban J connectivity index is 2.01. The van der Waals surface area contributed by atoms with E-state index in [-0.39, 0.29) is 17.9 Å². The number of amides is 1. The van der Waals surface area contributed by atoms with Gasteiger partial charge in [0.25, 0.3) is 12.1 Å². The van der Waals surface area contributed by atoms with Gasteiger partial charge < -0.3 is 31.5 Å². The SMILES string of the molecule is C[C@H](CC(=O)O)C[C@@H](N)[CH][C@H]1O[C@@H]([n+]2cccc(C(N)=O)c2)[C@H](O)[C@@H]1O. The zero-order valence-corrected chi connectivity index (χ0v) is 14.4. The first-order chi connectivity index (χ1) is 12.2. The number of nitrogens with two attached hydrogens (primary N) is 2. The molecule has 0 aliphatic carbocycles. The average molecular weight is 367 g/mol. The summed E-state index contributed by atoms with van der Waals surface area (Å²) >= 11 is 0. The van der Waals surface area contributed by atoms with Crippen molar-refractivity contribution in [1.82, 2.24) is 0 Å². The fourth-order valence-corrected chi connectivity index (χ4v) is 3.06. The highest BCUT2D eigenvalue weighted by atomic mass is 16.6. The molecule has 6 atom stereocenters. The van der Waals surface area contributed by atoms with E-state index in [4.69, 9.17) is 21.3 Å². The largest absolute Gasteiger partial charge is 0.481 e. The van der Waals surface area contributed by atoms with E-state index in [0.29, 0.717) is 6.42 Å². The van der Waals surface area contributed by atoms with Crippen molar-refractivity contribution in [3.8, 4) is 0 Å². The normalized spacial score (nSPS) is 27.8. The first-order valence-corrected chi connectivity index (χ1v) is 8.33. The Kier molecular flexibility index (Phi) is 6.65. The third-order valence-corrected chi connectivity index (χ3v) is 4.31. The summed E-state index contributed by atoms with van der Waals surface area (Å²) in [4.78, 5) is 22.0. The van der Waals surface area contributed by atoms with E-state index >= 15 is 0 Å². The third kappa shape index (κ3) is 4.98. The lowest BCUT2D eigenvalue weighted by atomic mass is 9.94. The molecule has 1 aromatic rings. The highest BCUT2D eigenvalue weighted by Gasteiger charge is 2.48. The average Bonchev–Trinajstić information content (AvgIpc) is 2.82. The summed E-state index contributed by atoms with van der Waals surface area (Å²) < 4.78 is 7.16. The van der Waals surface area contributed by atoms with E-state index in [1.165, 1.54) is 16.8 Å². The lowest BCUT2D eigenvalue weighted by Crippen LogP contribution is -2.46. The molecule has 7 N–H and O–H groups in total. The van der Waals surface area contributed by atoms with E-state index in [1.54, 1.807) is 25.6 Å². The molecule has 9 heteroatoms. The van der Waals surface area contributed by atoms with E-state index in [9.17, 15) is 19.8 Å². The zero-order valence-electron chi connectivity index (χ0n) is 14.4. The summed E-state index contributed by atoms with van der Waals surface area (Å²) in [6.07, 6.45) is 0.815. The standard InChI is InChI=1S/C17H24N3O6/c1-9(6-13(21)22)5-11(18)7-12-14(23)15(24)17(26-12)20-4-2-3-10(8-20)16(19)25/h2-4,7-9,11-12,14-15,17,23-24H,5-6,18H2,1H3,(H2-,19,21,22,25)/p+1/t9-,11+,12+,14+,15+,17+/m0/s1. The molecule has 2 heterocycles. The van der Waals surface area contributed by atoms with E-state index < -0.39 is 42.5 Å². The molecule has 143 valence electrons. The first kappa shape index (κ1) is 20.2. The van der Waals surface area contributed by atoms with Gasteiger partial charge in [0.1, 0.15) is 11.7 Å². The predicted molar refractivity (Wildman–Crippen MR) is 89.4 cm³/mol. The van der Waals surface area contributed by atoms with E-state index in [1.807, 2.05) is 0 Å². The Morgan fingerprint density at radius 3 is 2.69 bits per heavy atom. The number of nitrogens with zero attached hydrogens (tertiary/aromatic N) is 1. The lowest BCUT2D eigenvalue weighted by molar-refractivity contribution is -0.765. The molecule has 1 aliphatic rings. The van der Waals surface area contributed by atoms with Gasteiger partial charge in [-0.15, -0.1) is 0 Å². The van der Waals surface area contributed by atoms with Crippen molar-refractivity contribution in [3.05, 3.63) is 36.5 Å². The van der Waals surface area contributed by atoms with Crippen LogP contribution < -0.4 is 16.0 Å². The second-order valence-electron chi connectivity index (χ2n) is 6.67. The van der Waals surface area contributed by atoms with Crippen molar-refractivity contribution in [3.63, 3.8) is 0 Å². The number of primary amides is 1. The van der Waals surface area contributed by atoms with E-state index in [2.05, 4.69) is 0 Å². The summed E-state index contributed by atoms with van der Waals surface area (Å²) in [7, 11) is 0. The molecule has 0 spiro atoms. The number of aliphatic carboxylic acids is 1. The summed E-state index contributed by atoms with van der Waals surface area (Å²) in [5.74, 6) is -1.66. The fourth-order valence-electron chi connectivity index (χ4n) is 3.06. The van der Waals surface area contributed by atoms with Gasteiger partial charge in [-0.2, -0.15) is 4.57 Å². The van der Waals surface area contributed by atoms with Gasteiger partial charge in [0, 0.05) is 24.9 Å². The Hall–Kier alpha value is -2.07. The number of carboxylic acids is 1. The van der Waals surface area contributed by atoms with Gasteiger partial charge in [0.2, 0.25) is 0 Å². The van der Waals surface area contributed by atoms with Crippen molar-refractivity contribution in [2.45, 2.75) is 50.3 Å². The minimum absolute atomic E-state index is 0.00334. The number of hydrogen-bond donors (Lipinski definition) is 5. The second kappa shape index (κ2) is 8.54. The maximum absolute atomic E-state index is 11.3. The van der Waals surface area contributed by atoms with Crippen molar-refractivity contribution in [2.24, 2.45) is 17.4 Å². The topological polar surface area (TPSA) is 160 Å². The second-order valence-corrected chi connectivity index (χ2v) is 6.67. The number of ether oxygens (including phenoxy) is 1. The Bertz CT molecular complexity index is 655. The minimum atomic E-state index is -1.23. The number of pyridine rings is 1. The molecule has 0 unspecified atom stereocenters. The number of aromatic nitrogens is 1. The van der Waals surface area contributed by atoms with Gasteiger partial charge in [-0.25, -0.2) is 0 Å². The van der Waals surface area contributed by atoms with Crippen LogP contribution in [0.15, 0.2) is 24.5 Å². The molecule has 0 bridgehead atoms. The van der Waals surface area contributed by atoms with Gasteiger partial charge in [-0.05, 0) is 18.4 Å². The molecule has 9 nitrogen and oxygen atoms in total. The molecular formula is C17H25N3O6+. The Labute approximate surface area is 151 Å². The highest BCUT2D eigenvalue weighted by Crippen LogP contribution is 2.28. The first-order valence-electron chi connectivity index (χ1n) is 8.33. The van der Waals surface area contributed by atoms with Crippen LogP contribution >= 0.6 is 0 Å². The predicted octanol–water partition coefficient (Wildman–Crippen LogP) is -1.28. The van der Waals surface area contributed by atoms with Crippen LogP contribution in [0.1, 0.15) is 36.4 Å². The summed E-state index contributed by atoms with van der Waals surface area (Å²) in [6.45, 7) is 1.77. The van der Waals surface area contributed by atoms with Crippen LogP contribution in [-0.2, 0) is 9.53 Å². The molecule has 1 fully saturated rings. The number of carboxylic acid groups (broad SMARTS) is 1. The molecule has 26 heavy (non-hydrogen) atoms. The van der Waals surface area contributed by atoms with Crippen molar-refractivity contribution in [2.75, 3.05) is 0 Å². The van der Waals surface area contributed by atoms with Crippen LogP contribution in [0.25, 0.3) is 0 Å². The Morgan fingerprint density at radius 1 is 1.38 bits per heavy atom. The van der Waals surface area contributed by atoms with Crippen molar-refractivity contribution >= 4 is 11.9 Å². The van der Waals surface area contributed by atoms with Crippen LogP contribution in [0.2, 0.25) is 0 Å². The molecule has 0 saturated carbocycles. The molecule has 1 amide bonds. The number of rotatable bonds is 8. The molecule has 1 radical (unpaired) electrons. The smallest absolute Gasteiger partial charge is 0.303 e. The molecule has 1 saturated heterocycles. The Morgan fingerprint density at radius 2 is 2.08 bits per heavy atom. The van der Waals surface area contributed by atoms with Gasteiger partial charge in [0.15, 0.2) is 18.5 Å². The molecule has 1 aromatic heterocycles. The van der Waals surface area contributed by atoms with Gasteiger partial charge in [0.05, 0.1) is 6.10 Å². The fraction of sp³-hybridized carbons (Fsp3) is 0.529. The summed E-state index contributed by atoms with van der Waals surface area (Å²) in [5.41, 5.74) is 11.5. The number of carbonyl (C=O) groups is 2. The summed E-state index contributed by atoms with van der Waals surface area (Å²) in [5, 5.41) is 29.3. The minimum Gasteiger partial charge on any atom is -0.481 e. The van der Waals surface area contributed by atoms with E-state index in [0.717, 1.165) is 0 Å². The maximum Gasteiger partial charge on any atom is 0.303 e. The van der Waals surface area contributed by atoms with Crippen LogP contribution in [0.4, 0.5) is 0 Å². The van der Waals surface area contributed by atoms with Crippen LogP contribution in [-0.4, -0.2) is 51.5 Å². The van der Waals surface area contributed by atoms with Crippen LogP contribution in [0.3, 0.4) is 0 Å². The highest BCUT2D eigenvalue weighted by molar-refractivity contribution is 5.92. The number of hydrogen-bond acceptors (Lipinski definition) is 6. The number of aliphatic hydroxyl groups excluding tert-OH is 2. The van der Waals surface area contributed by atoms with Crippen LogP contribution in [0.5, 0.6) is 0 Å². The van der Waals surface area contributed by atoms with Crippen molar-refractivity contribution < 1.29 is 34.2 Å². The zero-order chi connectivity index (χ0) is 19.4. The maximum atomic E-state index is 11.3. The van der Waals surface area contributed by atoms with Gasteiger partial charge in [-0.1, -0.05) is 6.92 Å². The number of aliphatic hydroxyl groups is 2. The monoisotopic (exact) mass is 367 g/mol. The number of carbonyl (C=O) groups excluding carboxylic acids is 1. The molecule has 0 aromatic carbocycles. The van der Waals surface area contributed by atoms with Crippen molar-refractivity contribution in [1.29, 1.82) is 0 Å². The molecule has 1 aliphatic heterocycles.